The molecule has 138 valence electrons. The van der Waals surface area contributed by atoms with Crippen molar-refractivity contribution < 1.29 is 4.79 Å². The minimum atomic E-state index is -0.255. The lowest BCUT2D eigenvalue weighted by atomic mass is 10.0. The second kappa shape index (κ2) is 7.99. The number of para-hydroxylation sites is 1. The fraction of sp³-hybridized carbons (Fsp3) is 0.227. The molecule has 2 aromatic carbocycles. The molecule has 27 heavy (non-hydrogen) atoms. The Kier molecular flexibility index (Phi) is 5.50. The van der Waals surface area contributed by atoms with Gasteiger partial charge in [0.05, 0.1) is 0 Å². The largest absolute Gasteiger partial charge is 0.324 e. The molecular weight excluding hydrogens is 336 g/mol. The van der Waals surface area contributed by atoms with Crippen molar-refractivity contribution in [1.29, 1.82) is 0 Å². The molecule has 0 spiro atoms. The second-order valence-corrected chi connectivity index (χ2v) is 6.90. The van der Waals surface area contributed by atoms with Gasteiger partial charge in [0.2, 0.25) is 5.95 Å². The van der Waals surface area contributed by atoms with E-state index in [2.05, 4.69) is 40.5 Å². The van der Waals surface area contributed by atoms with Crippen molar-refractivity contribution >= 4 is 23.2 Å². The van der Waals surface area contributed by atoms with Crippen LogP contribution in [0.2, 0.25) is 0 Å². The Hall–Kier alpha value is -3.21. The molecule has 2 N–H and O–H groups in total. The molecule has 3 aromatic rings. The predicted molar refractivity (Wildman–Crippen MR) is 110 cm³/mol. The molecule has 0 bridgehead atoms. The zero-order valence-corrected chi connectivity index (χ0v) is 16.1. The van der Waals surface area contributed by atoms with E-state index in [1.807, 2.05) is 50.2 Å². The van der Waals surface area contributed by atoms with Gasteiger partial charge in [-0.15, -0.1) is 0 Å². The number of carbonyl (C=O) groups is 1. The Balaban J connectivity index is 1.81. The number of rotatable bonds is 5. The SMILES string of the molecule is Cc1ccc(C)c(Nc2nccc(C(=O)Nc3ccccc3C(C)C)n2)c1. The van der Waals surface area contributed by atoms with Crippen LogP contribution in [0.3, 0.4) is 0 Å². The number of carbonyl (C=O) groups excluding carboxylic acids is 1. The number of amides is 1. The first-order chi connectivity index (χ1) is 12.9. The van der Waals surface area contributed by atoms with Gasteiger partial charge in [-0.1, -0.05) is 44.2 Å². The summed E-state index contributed by atoms with van der Waals surface area (Å²) < 4.78 is 0. The standard InChI is InChI=1S/C22H24N4O/c1-14(2)17-7-5-6-8-18(17)24-21(27)19-11-12-23-22(25-19)26-20-13-15(3)9-10-16(20)4/h5-14H,1-4H3,(H,24,27)(H,23,25,26). The number of benzene rings is 2. The average molecular weight is 360 g/mol. The minimum absolute atomic E-state index is 0.255. The van der Waals surface area contributed by atoms with Crippen LogP contribution in [0.15, 0.2) is 54.7 Å². The molecule has 0 unspecified atom stereocenters. The van der Waals surface area contributed by atoms with Gasteiger partial charge in [-0.3, -0.25) is 4.79 Å². The highest BCUT2D eigenvalue weighted by molar-refractivity contribution is 6.03. The van der Waals surface area contributed by atoms with E-state index in [0.717, 1.165) is 28.1 Å². The average Bonchev–Trinajstić information content (AvgIpc) is 2.65. The number of hydrogen-bond donors (Lipinski definition) is 2. The Labute approximate surface area is 159 Å². The molecule has 0 fully saturated rings. The van der Waals surface area contributed by atoms with Crippen LogP contribution >= 0.6 is 0 Å². The number of hydrogen-bond acceptors (Lipinski definition) is 4. The summed E-state index contributed by atoms with van der Waals surface area (Å²) in [5, 5.41) is 6.16. The lowest BCUT2D eigenvalue weighted by molar-refractivity contribution is 0.102. The topological polar surface area (TPSA) is 66.9 Å². The highest BCUT2D eigenvalue weighted by Gasteiger charge is 2.13. The van der Waals surface area contributed by atoms with Gasteiger partial charge in [-0.05, 0) is 54.7 Å². The summed E-state index contributed by atoms with van der Waals surface area (Å²) in [6, 6.07) is 15.6. The van der Waals surface area contributed by atoms with Gasteiger partial charge in [0.1, 0.15) is 5.69 Å². The van der Waals surface area contributed by atoms with Crippen molar-refractivity contribution in [2.24, 2.45) is 0 Å². The van der Waals surface area contributed by atoms with Crippen molar-refractivity contribution in [1.82, 2.24) is 9.97 Å². The Bertz CT molecular complexity index is 966. The molecule has 0 saturated carbocycles. The van der Waals surface area contributed by atoms with Gasteiger partial charge in [0.25, 0.3) is 5.91 Å². The van der Waals surface area contributed by atoms with Gasteiger partial charge in [0, 0.05) is 17.6 Å². The van der Waals surface area contributed by atoms with E-state index in [1.54, 1.807) is 12.3 Å². The molecule has 3 rings (SSSR count). The zero-order chi connectivity index (χ0) is 19.4. The first kappa shape index (κ1) is 18.6. The van der Waals surface area contributed by atoms with Crippen LogP contribution in [0.25, 0.3) is 0 Å². The lowest BCUT2D eigenvalue weighted by Gasteiger charge is -2.14. The van der Waals surface area contributed by atoms with Gasteiger partial charge in [0.15, 0.2) is 0 Å². The number of aryl methyl sites for hydroxylation is 2. The summed E-state index contributed by atoms with van der Waals surface area (Å²) in [6.07, 6.45) is 1.59. The van der Waals surface area contributed by atoms with Crippen LogP contribution < -0.4 is 10.6 Å². The number of aromatic nitrogens is 2. The predicted octanol–water partition coefficient (Wildman–Crippen LogP) is 5.21. The summed E-state index contributed by atoms with van der Waals surface area (Å²) in [4.78, 5) is 21.3. The van der Waals surface area contributed by atoms with E-state index in [1.165, 1.54) is 0 Å². The van der Waals surface area contributed by atoms with Crippen LogP contribution in [0, 0.1) is 13.8 Å². The van der Waals surface area contributed by atoms with Gasteiger partial charge in [-0.2, -0.15) is 0 Å². The quantitative estimate of drug-likeness (QED) is 0.655. The first-order valence-corrected chi connectivity index (χ1v) is 9.01. The maximum absolute atomic E-state index is 12.7. The molecule has 1 aromatic heterocycles. The van der Waals surface area contributed by atoms with Gasteiger partial charge < -0.3 is 10.6 Å². The normalized spacial score (nSPS) is 10.7. The molecule has 0 aliphatic rings. The molecule has 0 saturated heterocycles. The van der Waals surface area contributed by atoms with Crippen molar-refractivity contribution in [2.75, 3.05) is 10.6 Å². The molecule has 5 nitrogen and oxygen atoms in total. The number of anilines is 3. The van der Waals surface area contributed by atoms with Gasteiger partial charge >= 0.3 is 0 Å². The van der Waals surface area contributed by atoms with Crippen molar-refractivity contribution in [3.05, 3.63) is 77.1 Å². The third-order valence-electron chi connectivity index (χ3n) is 4.36. The van der Waals surface area contributed by atoms with Crippen LogP contribution in [0.4, 0.5) is 17.3 Å². The van der Waals surface area contributed by atoms with E-state index in [9.17, 15) is 4.79 Å². The number of nitrogens with zero attached hydrogens (tertiary/aromatic N) is 2. The second-order valence-electron chi connectivity index (χ2n) is 6.90. The first-order valence-electron chi connectivity index (χ1n) is 9.01. The molecule has 0 radical (unpaired) electrons. The van der Waals surface area contributed by atoms with Crippen LogP contribution in [0.5, 0.6) is 0 Å². The van der Waals surface area contributed by atoms with Crippen molar-refractivity contribution in [3.63, 3.8) is 0 Å². The molecule has 1 heterocycles. The van der Waals surface area contributed by atoms with E-state index < -0.39 is 0 Å². The zero-order valence-electron chi connectivity index (χ0n) is 16.1. The molecule has 0 atom stereocenters. The fourth-order valence-electron chi connectivity index (χ4n) is 2.84. The van der Waals surface area contributed by atoms with Crippen LogP contribution in [0.1, 0.15) is 46.9 Å². The van der Waals surface area contributed by atoms with Crippen molar-refractivity contribution in [2.45, 2.75) is 33.6 Å². The Morgan fingerprint density at radius 2 is 1.78 bits per heavy atom. The van der Waals surface area contributed by atoms with E-state index in [4.69, 9.17) is 0 Å². The third kappa shape index (κ3) is 4.50. The minimum Gasteiger partial charge on any atom is -0.324 e. The van der Waals surface area contributed by atoms with E-state index >= 15 is 0 Å². The van der Waals surface area contributed by atoms with E-state index in [-0.39, 0.29) is 5.91 Å². The summed E-state index contributed by atoms with van der Waals surface area (Å²) in [7, 11) is 0. The maximum atomic E-state index is 12.7. The lowest BCUT2D eigenvalue weighted by Crippen LogP contribution is -2.16. The Morgan fingerprint density at radius 3 is 2.56 bits per heavy atom. The Morgan fingerprint density at radius 1 is 1.00 bits per heavy atom. The van der Waals surface area contributed by atoms with E-state index in [0.29, 0.717) is 17.6 Å². The highest BCUT2D eigenvalue weighted by atomic mass is 16.1. The van der Waals surface area contributed by atoms with Crippen LogP contribution in [-0.2, 0) is 0 Å². The van der Waals surface area contributed by atoms with Gasteiger partial charge in [-0.25, -0.2) is 9.97 Å². The molecule has 5 heteroatoms. The van der Waals surface area contributed by atoms with Crippen LogP contribution in [-0.4, -0.2) is 15.9 Å². The monoisotopic (exact) mass is 360 g/mol. The fourth-order valence-corrected chi connectivity index (χ4v) is 2.84. The molecule has 0 aliphatic heterocycles. The highest BCUT2D eigenvalue weighted by Crippen LogP contribution is 2.24. The summed E-state index contributed by atoms with van der Waals surface area (Å²) in [5.74, 6) is 0.455. The smallest absolute Gasteiger partial charge is 0.274 e. The summed E-state index contributed by atoms with van der Waals surface area (Å²) in [6.45, 7) is 8.24. The van der Waals surface area contributed by atoms with Crippen molar-refractivity contribution in [3.8, 4) is 0 Å². The third-order valence-corrected chi connectivity index (χ3v) is 4.36. The maximum Gasteiger partial charge on any atom is 0.274 e. The summed E-state index contributed by atoms with van der Waals surface area (Å²) >= 11 is 0. The molecule has 0 aliphatic carbocycles. The molecular formula is C22H24N4O. The molecule has 1 amide bonds. The number of nitrogens with one attached hydrogen (secondary N) is 2. The summed E-state index contributed by atoms with van der Waals surface area (Å²) in [5.41, 5.74) is 5.37.